The lowest BCUT2D eigenvalue weighted by Gasteiger charge is -2.33. The number of aromatic nitrogens is 5. The van der Waals surface area contributed by atoms with Gasteiger partial charge in [-0.25, -0.2) is 9.67 Å². The summed E-state index contributed by atoms with van der Waals surface area (Å²) in [5, 5.41) is 9.27. The highest BCUT2D eigenvalue weighted by Gasteiger charge is 2.24. The molecule has 1 fully saturated rings. The molecular weight excluding hydrogens is 352 g/mol. The standard InChI is InChI=1S/C21H26N6O/c1-14-11-20(27-19(22-14)10-15(2)23-27)25-8-6-16(7-9-25)13-26-21(28)12-17-4-3-5-18(17)24-26/h10-12,16H,3-9,13H2,1-2H3. The highest BCUT2D eigenvalue weighted by atomic mass is 16.1. The van der Waals surface area contributed by atoms with Crippen molar-refractivity contribution in [2.75, 3.05) is 18.0 Å². The van der Waals surface area contributed by atoms with Crippen LogP contribution in [0.2, 0.25) is 0 Å². The van der Waals surface area contributed by atoms with E-state index >= 15 is 0 Å². The summed E-state index contributed by atoms with van der Waals surface area (Å²) < 4.78 is 3.66. The zero-order valence-corrected chi connectivity index (χ0v) is 16.6. The number of hydrogen-bond donors (Lipinski definition) is 0. The van der Waals surface area contributed by atoms with Gasteiger partial charge < -0.3 is 4.90 Å². The Labute approximate surface area is 164 Å². The van der Waals surface area contributed by atoms with Gasteiger partial charge in [0.25, 0.3) is 5.56 Å². The van der Waals surface area contributed by atoms with Crippen molar-refractivity contribution in [2.24, 2.45) is 5.92 Å². The largest absolute Gasteiger partial charge is 0.356 e. The van der Waals surface area contributed by atoms with Crippen molar-refractivity contribution in [1.29, 1.82) is 0 Å². The van der Waals surface area contributed by atoms with Gasteiger partial charge in [0.15, 0.2) is 5.65 Å². The molecule has 0 unspecified atom stereocenters. The second kappa shape index (κ2) is 6.72. The van der Waals surface area contributed by atoms with Gasteiger partial charge in [0, 0.05) is 43.5 Å². The molecule has 0 bridgehead atoms. The minimum absolute atomic E-state index is 0.0570. The van der Waals surface area contributed by atoms with Crippen LogP contribution >= 0.6 is 0 Å². The second-order valence-corrected chi connectivity index (χ2v) is 8.23. The Balaban J connectivity index is 1.32. The van der Waals surface area contributed by atoms with E-state index in [1.54, 1.807) is 10.7 Å². The van der Waals surface area contributed by atoms with Gasteiger partial charge in [-0.2, -0.15) is 14.7 Å². The summed E-state index contributed by atoms with van der Waals surface area (Å²) >= 11 is 0. The first-order chi connectivity index (χ1) is 13.6. The van der Waals surface area contributed by atoms with Crippen LogP contribution in [0.1, 0.15) is 41.9 Å². The van der Waals surface area contributed by atoms with E-state index in [2.05, 4.69) is 26.1 Å². The summed E-state index contributed by atoms with van der Waals surface area (Å²) in [5.41, 5.74) is 5.24. The average Bonchev–Trinajstić information content (AvgIpc) is 3.27. The summed E-state index contributed by atoms with van der Waals surface area (Å²) in [6, 6.07) is 5.95. The molecule has 0 aromatic carbocycles. The van der Waals surface area contributed by atoms with Crippen LogP contribution in [-0.2, 0) is 19.4 Å². The molecule has 5 rings (SSSR count). The zero-order valence-electron chi connectivity index (χ0n) is 16.6. The molecule has 1 saturated heterocycles. The molecule has 7 nitrogen and oxygen atoms in total. The predicted octanol–water partition coefficient (Wildman–Crippen LogP) is 2.31. The number of hydrogen-bond acceptors (Lipinski definition) is 5. The Morgan fingerprint density at radius 1 is 1.04 bits per heavy atom. The van der Waals surface area contributed by atoms with Gasteiger partial charge in [-0.1, -0.05) is 0 Å². The van der Waals surface area contributed by atoms with Gasteiger partial charge in [-0.15, -0.1) is 0 Å². The molecule has 0 N–H and O–H groups in total. The van der Waals surface area contributed by atoms with E-state index in [9.17, 15) is 4.79 Å². The second-order valence-electron chi connectivity index (χ2n) is 8.23. The van der Waals surface area contributed by atoms with Crippen molar-refractivity contribution in [3.05, 3.63) is 51.2 Å². The number of nitrogens with zero attached hydrogens (tertiary/aromatic N) is 6. The molecule has 2 aliphatic rings. The molecule has 4 heterocycles. The third kappa shape index (κ3) is 3.08. The molecule has 0 atom stereocenters. The number of fused-ring (bicyclic) bond motifs is 2. The molecular formula is C21H26N6O. The van der Waals surface area contributed by atoms with Crippen molar-refractivity contribution in [2.45, 2.75) is 52.5 Å². The van der Waals surface area contributed by atoms with E-state index in [1.807, 2.05) is 24.4 Å². The van der Waals surface area contributed by atoms with E-state index in [4.69, 9.17) is 0 Å². The SMILES string of the molecule is Cc1cc(N2CCC(Cn3nc4c(cc3=O)CCC4)CC2)n2nc(C)cc2n1. The maximum absolute atomic E-state index is 12.4. The first-order valence-corrected chi connectivity index (χ1v) is 10.3. The van der Waals surface area contributed by atoms with Crippen molar-refractivity contribution in [3.8, 4) is 0 Å². The van der Waals surface area contributed by atoms with Gasteiger partial charge in [-0.3, -0.25) is 4.79 Å². The lowest BCUT2D eigenvalue weighted by Crippen LogP contribution is -2.38. The molecule has 0 amide bonds. The van der Waals surface area contributed by atoms with E-state index in [1.165, 1.54) is 0 Å². The lowest BCUT2D eigenvalue weighted by atomic mass is 9.97. The van der Waals surface area contributed by atoms with Crippen LogP contribution in [0.15, 0.2) is 23.0 Å². The third-order valence-corrected chi connectivity index (χ3v) is 6.05. The Kier molecular flexibility index (Phi) is 4.18. The molecule has 1 aliphatic heterocycles. The maximum Gasteiger partial charge on any atom is 0.267 e. The maximum atomic E-state index is 12.4. The quantitative estimate of drug-likeness (QED) is 0.700. The molecule has 28 heavy (non-hydrogen) atoms. The van der Waals surface area contributed by atoms with Crippen molar-refractivity contribution in [3.63, 3.8) is 0 Å². The van der Waals surface area contributed by atoms with Crippen LogP contribution in [0, 0.1) is 19.8 Å². The number of aryl methyl sites for hydroxylation is 4. The van der Waals surface area contributed by atoms with Gasteiger partial charge in [0.1, 0.15) is 5.82 Å². The van der Waals surface area contributed by atoms with Crippen LogP contribution in [0.3, 0.4) is 0 Å². The summed E-state index contributed by atoms with van der Waals surface area (Å²) in [6.45, 7) is 6.68. The van der Waals surface area contributed by atoms with E-state index < -0.39 is 0 Å². The fourth-order valence-corrected chi connectivity index (χ4v) is 4.58. The lowest BCUT2D eigenvalue weighted by molar-refractivity contribution is 0.332. The summed E-state index contributed by atoms with van der Waals surface area (Å²) in [6.07, 6.45) is 5.23. The van der Waals surface area contributed by atoms with Gasteiger partial charge in [-0.05, 0) is 57.4 Å². The van der Waals surface area contributed by atoms with E-state index in [0.717, 1.165) is 85.8 Å². The number of piperidine rings is 1. The normalized spacial score (nSPS) is 17.4. The molecule has 1 aliphatic carbocycles. The fraction of sp³-hybridized carbons (Fsp3) is 0.524. The molecule has 0 saturated carbocycles. The molecule has 146 valence electrons. The van der Waals surface area contributed by atoms with Crippen LogP contribution < -0.4 is 10.5 Å². The molecule has 3 aromatic rings. The molecule has 7 heteroatoms. The smallest absolute Gasteiger partial charge is 0.267 e. The molecule has 0 radical (unpaired) electrons. The molecule has 0 spiro atoms. The Morgan fingerprint density at radius 2 is 1.86 bits per heavy atom. The van der Waals surface area contributed by atoms with Gasteiger partial charge in [0.05, 0.1) is 11.4 Å². The summed E-state index contributed by atoms with van der Waals surface area (Å²) in [5.74, 6) is 1.60. The van der Waals surface area contributed by atoms with Crippen LogP contribution in [0.25, 0.3) is 5.65 Å². The number of rotatable bonds is 3. The minimum atomic E-state index is 0.0570. The zero-order chi connectivity index (χ0) is 19.3. The number of anilines is 1. The van der Waals surface area contributed by atoms with Crippen LogP contribution in [0.4, 0.5) is 5.82 Å². The predicted molar refractivity (Wildman–Crippen MR) is 108 cm³/mol. The Morgan fingerprint density at radius 3 is 2.68 bits per heavy atom. The van der Waals surface area contributed by atoms with E-state index in [-0.39, 0.29) is 5.56 Å². The monoisotopic (exact) mass is 378 g/mol. The van der Waals surface area contributed by atoms with E-state index in [0.29, 0.717) is 5.92 Å². The Bertz CT molecular complexity index is 1090. The topological polar surface area (TPSA) is 68.3 Å². The highest BCUT2D eigenvalue weighted by Crippen LogP contribution is 2.25. The third-order valence-electron chi connectivity index (χ3n) is 6.05. The van der Waals surface area contributed by atoms with Crippen LogP contribution in [0.5, 0.6) is 0 Å². The summed E-state index contributed by atoms with van der Waals surface area (Å²) in [7, 11) is 0. The van der Waals surface area contributed by atoms with Gasteiger partial charge in [0.2, 0.25) is 0 Å². The first kappa shape index (κ1) is 17.4. The first-order valence-electron chi connectivity index (χ1n) is 10.3. The van der Waals surface area contributed by atoms with Crippen molar-refractivity contribution in [1.82, 2.24) is 24.4 Å². The van der Waals surface area contributed by atoms with Crippen LogP contribution in [-0.4, -0.2) is 37.5 Å². The molecule has 3 aromatic heterocycles. The van der Waals surface area contributed by atoms with Gasteiger partial charge >= 0.3 is 0 Å². The fourth-order valence-electron chi connectivity index (χ4n) is 4.58. The van der Waals surface area contributed by atoms with Crippen molar-refractivity contribution >= 4 is 11.5 Å². The highest BCUT2D eigenvalue weighted by molar-refractivity contribution is 5.52. The average molecular weight is 378 g/mol. The summed E-state index contributed by atoms with van der Waals surface area (Å²) in [4.78, 5) is 19.4. The minimum Gasteiger partial charge on any atom is -0.356 e. The van der Waals surface area contributed by atoms with Crippen molar-refractivity contribution < 1.29 is 0 Å². The Hall–Kier alpha value is -2.70.